The van der Waals surface area contributed by atoms with E-state index in [-0.39, 0.29) is 12.1 Å². The van der Waals surface area contributed by atoms with Crippen molar-refractivity contribution in [1.29, 1.82) is 0 Å². The molecule has 3 nitrogen and oxygen atoms in total. The van der Waals surface area contributed by atoms with Gasteiger partial charge in [-0.15, -0.1) is 6.58 Å². The summed E-state index contributed by atoms with van der Waals surface area (Å²) in [6.45, 7) is 11.2. The van der Waals surface area contributed by atoms with Gasteiger partial charge in [0.1, 0.15) is 5.60 Å². The molecule has 0 fully saturated rings. The quantitative estimate of drug-likeness (QED) is 0.562. The van der Waals surface area contributed by atoms with E-state index >= 15 is 0 Å². The van der Waals surface area contributed by atoms with Crippen LogP contribution < -0.4 is 5.32 Å². The highest BCUT2D eigenvalue weighted by molar-refractivity contribution is 5.67. The summed E-state index contributed by atoms with van der Waals surface area (Å²) in [6.07, 6.45) is 4.53. The molecule has 15 heavy (non-hydrogen) atoms. The Balaban J connectivity index is 3.71. The van der Waals surface area contributed by atoms with Crippen molar-refractivity contribution in [3.05, 3.63) is 12.7 Å². The van der Waals surface area contributed by atoms with Crippen LogP contribution in [0.1, 0.15) is 47.0 Å². The summed E-state index contributed by atoms with van der Waals surface area (Å²) in [5, 5.41) is 2.80. The van der Waals surface area contributed by atoms with Crippen LogP contribution in [0.25, 0.3) is 0 Å². The molecule has 0 aliphatic carbocycles. The van der Waals surface area contributed by atoms with Gasteiger partial charge < -0.3 is 10.1 Å². The summed E-state index contributed by atoms with van der Waals surface area (Å²) in [5.41, 5.74) is -0.426. The molecule has 3 heteroatoms. The van der Waals surface area contributed by atoms with Crippen LogP contribution in [0.15, 0.2) is 12.7 Å². The van der Waals surface area contributed by atoms with Gasteiger partial charge in [-0.1, -0.05) is 6.08 Å². The lowest BCUT2D eigenvalue weighted by molar-refractivity contribution is 0.0506. The normalized spacial score (nSPS) is 13.1. The molecule has 0 unspecified atom stereocenters. The monoisotopic (exact) mass is 213 g/mol. The van der Waals surface area contributed by atoms with E-state index in [0.717, 1.165) is 19.3 Å². The fraction of sp³-hybridized carbons (Fsp3) is 0.750. The molecule has 0 heterocycles. The van der Waals surface area contributed by atoms with Crippen LogP contribution in [0.5, 0.6) is 0 Å². The molecule has 0 aliphatic heterocycles. The minimum atomic E-state index is -0.426. The van der Waals surface area contributed by atoms with E-state index in [9.17, 15) is 4.79 Å². The third-order valence-electron chi connectivity index (χ3n) is 1.81. The Morgan fingerprint density at radius 3 is 2.60 bits per heavy atom. The van der Waals surface area contributed by atoms with Crippen molar-refractivity contribution < 1.29 is 9.53 Å². The number of hydrogen-bond acceptors (Lipinski definition) is 2. The Hall–Kier alpha value is -0.990. The van der Waals surface area contributed by atoms with E-state index in [1.807, 2.05) is 33.8 Å². The summed E-state index contributed by atoms with van der Waals surface area (Å²) in [6, 6.07) is 0.153. The Morgan fingerprint density at radius 1 is 1.53 bits per heavy atom. The van der Waals surface area contributed by atoms with Gasteiger partial charge in [-0.05, 0) is 47.0 Å². The molecule has 0 spiro atoms. The first-order chi connectivity index (χ1) is 6.85. The van der Waals surface area contributed by atoms with Gasteiger partial charge in [-0.25, -0.2) is 4.79 Å². The third-order valence-corrected chi connectivity index (χ3v) is 1.81. The van der Waals surface area contributed by atoms with Gasteiger partial charge in [0.05, 0.1) is 0 Å². The number of hydrogen-bond donors (Lipinski definition) is 1. The van der Waals surface area contributed by atoms with Gasteiger partial charge in [0.25, 0.3) is 0 Å². The fourth-order valence-electron chi connectivity index (χ4n) is 1.15. The summed E-state index contributed by atoms with van der Waals surface area (Å²) in [4.78, 5) is 11.3. The first kappa shape index (κ1) is 14.0. The number of carbonyl (C=O) groups is 1. The molecule has 0 rings (SSSR count). The zero-order valence-electron chi connectivity index (χ0n) is 10.3. The zero-order valence-corrected chi connectivity index (χ0v) is 10.3. The number of rotatable bonds is 5. The Labute approximate surface area is 92.9 Å². The summed E-state index contributed by atoms with van der Waals surface area (Å²) in [7, 11) is 0. The second-order valence-corrected chi connectivity index (χ2v) is 4.77. The maximum absolute atomic E-state index is 11.3. The van der Waals surface area contributed by atoms with Crippen LogP contribution in [0.2, 0.25) is 0 Å². The maximum Gasteiger partial charge on any atom is 0.407 e. The van der Waals surface area contributed by atoms with Crippen molar-refractivity contribution in [3.8, 4) is 0 Å². The first-order valence-corrected chi connectivity index (χ1v) is 5.45. The van der Waals surface area contributed by atoms with Gasteiger partial charge in [0.15, 0.2) is 0 Å². The van der Waals surface area contributed by atoms with E-state index in [2.05, 4.69) is 11.9 Å². The molecule has 0 bridgehead atoms. The SMILES string of the molecule is C=CCCC[C@H](C)NC(=O)OC(C)(C)C. The van der Waals surface area contributed by atoms with Crippen molar-refractivity contribution in [3.63, 3.8) is 0 Å². The molecule has 0 aliphatic rings. The number of nitrogens with one attached hydrogen (secondary N) is 1. The largest absolute Gasteiger partial charge is 0.444 e. The minimum Gasteiger partial charge on any atom is -0.444 e. The highest BCUT2D eigenvalue weighted by Crippen LogP contribution is 2.07. The molecule has 0 aromatic rings. The molecule has 88 valence electrons. The Morgan fingerprint density at radius 2 is 2.13 bits per heavy atom. The van der Waals surface area contributed by atoms with Crippen molar-refractivity contribution in [1.82, 2.24) is 5.32 Å². The van der Waals surface area contributed by atoms with Crippen LogP contribution >= 0.6 is 0 Å². The zero-order chi connectivity index (χ0) is 11.9. The highest BCUT2D eigenvalue weighted by atomic mass is 16.6. The maximum atomic E-state index is 11.3. The van der Waals surface area contributed by atoms with Gasteiger partial charge >= 0.3 is 6.09 Å². The van der Waals surface area contributed by atoms with Crippen molar-refractivity contribution in [2.24, 2.45) is 0 Å². The number of ether oxygens (including phenoxy) is 1. The molecule has 0 saturated heterocycles. The predicted molar refractivity (Wildman–Crippen MR) is 62.9 cm³/mol. The van der Waals surface area contributed by atoms with Crippen molar-refractivity contribution in [2.75, 3.05) is 0 Å². The average Bonchev–Trinajstić information content (AvgIpc) is 2.00. The van der Waals surface area contributed by atoms with E-state index in [1.165, 1.54) is 0 Å². The topological polar surface area (TPSA) is 38.3 Å². The standard InChI is InChI=1S/C12H23NO2/c1-6-7-8-9-10(2)13-11(14)15-12(3,4)5/h6,10H,1,7-9H2,2-5H3,(H,13,14)/t10-/m0/s1. The van der Waals surface area contributed by atoms with Crippen LogP contribution in [0.3, 0.4) is 0 Å². The molecule has 1 atom stereocenters. The van der Waals surface area contributed by atoms with Crippen LogP contribution in [-0.4, -0.2) is 17.7 Å². The van der Waals surface area contributed by atoms with Gasteiger partial charge in [0.2, 0.25) is 0 Å². The molecule has 0 aromatic carbocycles. The van der Waals surface area contributed by atoms with E-state index < -0.39 is 5.60 Å². The fourth-order valence-corrected chi connectivity index (χ4v) is 1.15. The number of unbranched alkanes of at least 4 members (excludes halogenated alkanes) is 1. The second kappa shape index (κ2) is 6.49. The van der Waals surface area contributed by atoms with E-state index in [4.69, 9.17) is 4.74 Å². The molecule has 0 saturated carbocycles. The van der Waals surface area contributed by atoms with Gasteiger partial charge in [-0.2, -0.15) is 0 Å². The number of carbonyl (C=O) groups excluding carboxylic acids is 1. The van der Waals surface area contributed by atoms with Crippen LogP contribution in [-0.2, 0) is 4.74 Å². The predicted octanol–water partition coefficient (Wildman–Crippen LogP) is 3.26. The molecule has 0 radical (unpaired) electrons. The molecule has 1 N–H and O–H groups in total. The summed E-state index contributed by atoms with van der Waals surface area (Å²) < 4.78 is 5.14. The van der Waals surface area contributed by atoms with Gasteiger partial charge in [-0.3, -0.25) is 0 Å². The highest BCUT2D eigenvalue weighted by Gasteiger charge is 2.17. The molecular formula is C12H23NO2. The average molecular weight is 213 g/mol. The molecular weight excluding hydrogens is 190 g/mol. The Kier molecular flexibility index (Phi) is 6.06. The Bertz CT molecular complexity index is 206. The number of allylic oxidation sites excluding steroid dienone is 1. The minimum absolute atomic E-state index is 0.153. The molecule has 1 amide bonds. The van der Waals surface area contributed by atoms with Gasteiger partial charge in [0, 0.05) is 6.04 Å². The summed E-state index contributed by atoms with van der Waals surface area (Å²) >= 11 is 0. The van der Waals surface area contributed by atoms with Crippen LogP contribution in [0, 0.1) is 0 Å². The number of amides is 1. The lowest BCUT2D eigenvalue weighted by Crippen LogP contribution is -2.37. The van der Waals surface area contributed by atoms with Crippen molar-refractivity contribution >= 4 is 6.09 Å². The lowest BCUT2D eigenvalue weighted by atomic mass is 10.1. The van der Waals surface area contributed by atoms with E-state index in [0.29, 0.717) is 0 Å². The molecule has 0 aromatic heterocycles. The smallest absolute Gasteiger partial charge is 0.407 e. The second-order valence-electron chi connectivity index (χ2n) is 4.77. The summed E-state index contributed by atoms with van der Waals surface area (Å²) in [5.74, 6) is 0. The first-order valence-electron chi connectivity index (χ1n) is 5.45. The van der Waals surface area contributed by atoms with E-state index in [1.54, 1.807) is 0 Å². The third kappa shape index (κ3) is 9.32. The van der Waals surface area contributed by atoms with Crippen molar-refractivity contribution in [2.45, 2.75) is 58.6 Å². The lowest BCUT2D eigenvalue weighted by Gasteiger charge is -2.21. The number of alkyl carbamates (subject to hydrolysis) is 1. The van der Waals surface area contributed by atoms with Crippen LogP contribution in [0.4, 0.5) is 4.79 Å².